The van der Waals surface area contributed by atoms with Crippen molar-refractivity contribution in [1.29, 1.82) is 5.26 Å². The molecule has 0 N–H and O–H groups in total. The smallest absolute Gasteiger partial charge is 0.417 e. The van der Waals surface area contributed by atoms with Crippen molar-refractivity contribution in [3.63, 3.8) is 0 Å². The molecule has 3 rings (SSSR count). The number of piperidine rings is 1. The quantitative estimate of drug-likeness (QED) is 0.860. The number of halogens is 3. The normalized spacial score (nSPS) is 16.9. The average molecular weight is 336 g/mol. The molecule has 2 heterocycles. The van der Waals surface area contributed by atoms with Crippen LogP contribution in [-0.4, -0.2) is 28.2 Å². The number of hydrogen-bond acceptors (Lipinski definition) is 5. The van der Waals surface area contributed by atoms with Crippen molar-refractivity contribution in [2.45, 2.75) is 31.5 Å². The van der Waals surface area contributed by atoms with Crippen LogP contribution in [-0.2, 0) is 12.7 Å². The van der Waals surface area contributed by atoms with E-state index in [1.165, 1.54) is 0 Å². The minimum absolute atomic E-state index is 0.0698. The number of benzene rings is 1. The van der Waals surface area contributed by atoms with Crippen LogP contribution in [0.15, 0.2) is 28.7 Å². The van der Waals surface area contributed by atoms with Gasteiger partial charge in [-0.05, 0) is 43.6 Å². The van der Waals surface area contributed by atoms with E-state index >= 15 is 0 Å². The van der Waals surface area contributed by atoms with Crippen molar-refractivity contribution in [2.24, 2.45) is 0 Å². The van der Waals surface area contributed by atoms with Crippen LogP contribution in [0.5, 0.6) is 0 Å². The summed E-state index contributed by atoms with van der Waals surface area (Å²) in [7, 11) is 0. The summed E-state index contributed by atoms with van der Waals surface area (Å²) in [5, 5.41) is 15.4. The predicted octanol–water partition coefficient (Wildman–Crippen LogP) is 3.34. The Kier molecular flexibility index (Phi) is 4.53. The molecule has 1 aromatic carbocycles. The average Bonchev–Trinajstić information content (AvgIpc) is 3.07. The molecule has 0 bridgehead atoms. The first-order valence-corrected chi connectivity index (χ1v) is 7.57. The summed E-state index contributed by atoms with van der Waals surface area (Å²) in [6.45, 7) is 2.23. The summed E-state index contributed by atoms with van der Waals surface area (Å²) < 4.78 is 42.3. The topological polar surface area (TPSA) is 66.0 Å². The molecule has 0 radical (unpaired) electrons. The second-order valence-electron chi connectivity index (χ2n) is 5.80. The van der Waals surface area contributed by atoms with Gasteiger partial charge < -0.3 is 4.42 Å². The third-order valence-corrected chi connectivity index (χ3v) is 4.11. The molecule has 0 aliphatic carbocycles. The van der Waals surface area contributed by atoms with Gasteiger partial charge in [0.1, 0.15) is 0 Å². The van der Waals surface area contributed by atoms with Gasteiger partial charge in [-0.25, -0.2) is 0 Å². The summed E-state index contributed by atoms with van der Waals surface area (Å²) in [6, 6.07) is 9.46. The first-order valence-electron chi connectivity index (χ1n) is 7.57. The highest BCUT2D eigenvalue weighted by Gasteiger charge is 2.39. The fourth-order valence-corrected chi connectivity index (χ4v) is 2.80. The van der Waals surface area contributed by atoms with Gasteiger partial charge in [0.25, 0.3) is 0 Å². The highest BCUT2D eigenvalue weighted by molar-refractivity contribution is 5.31. The lowest BCUT2D eigenvalue weighted by Gasteiger charge is -2.30. The maximum atomic E-state index is 12.5. The molecular weight excluding hydrogens is 321 g/mol. The van der Waals surface area contributed by atoms with Gasteiger partial charge in [0, 0.05) is 12.5 Å². The Bertz CT molecular complexity index is 725. The maximum Gasteiger partial charge on any atom is 0.470 e. The summed E-state index contributed by atoms with van der Waals surface area (Å²) in [4.78, 5) is 2.22. The van der Waals surface area contributed by atoms with Crippen LogP contribution in [0.4, 0.5) is 13.2 Å². The van der Waals surface area contributed by atoms with Crippen LogP contribution >= 0.6 is 0 Å². The first kappa shape index (κ1) is 16.5. The molecule has 1 aromatic heterocycles. The molecule has 1 fully saturated rings. The molecule has 2 aromatic rings. The summed E-state index contributed by atoms with van der Waals surface area (Å²) in [6.07, 6.45) is -3.24. The zero-order valence-electron chi connectivity index (χ0n) is 12.8. The van der Waals surface area contributed by atoms with E-state index in [1.807, 2.05) is 12.1 Å². The van der Waals surface area contributed by atoms with Crippen molar-refractivity contribution < 1.29 is 17.6 Å². The summed E-state index contributed by atoms with van der Waals surface area (Å²) in [5.41, 5.74) is 1.72. The number of hydrogen-bond donors (Lipinski definition) is 0. The van der Waals surface area contributed by atoms with E-state index in [4.69, 9.17) is 9.68 Å². The van der Waals surface area contributed by atoms with Crippen molar-refractivity contribution in [1.82, 2.24) is 15.1 Å². The van der Waals surface area contributed by atoms with Gasteiger partial charge in [-0.2, -0.15) is 18.4 Å². The van der Waals surface area contributed by atoms with Crippen LogP contribution in [0.1, 0.15) is 41.7 Å². The van der Waals surface area contributed by atoms with E-state index in [-0.39, 0.29) is 11.8 Å². The molecule has 0 atom stereocenters. The molecule has 126 valence electrons. The molecule has 5 nitrogen and oxygen atoms in total. The van der Waals surface area contributed by atoms with Crippen LogP contribution < -0.4 is 0 Å². The highest BCUT2D eigenvalue weighted by atomic mass is 19.4. The standard InChI is InChI=1S/C16H15F3N4O/c17-16(18,19)15-22-21-14(24-15)13-5-7-23(8-6-13)10-12-3-1-11(9-20)2-4-12/h1-4,13H,5-8,10H2. The Hall–Kier alpha value is -2.40. The molecular formula is C16H15F3N4O. The summed E-state index contributed by atoms with van der Waals surface area (Å²) >= 11 is 0. The van der Waals surface area contributed by atoms with Crippen molar-refractivity contribution >= 4 is 0 Å². The van der Waals surface area contributed by atoms with Crippen LogP contribution in [0.3, 0.4) is 0 Å². The van der Waals surface area contributed by atoms with E-state index in [0.29, 0.717) is 18.4 Å². The van der Waals surface area contributed by atoms with E-state index in [0.717, 1.165) is 25.2 Å². The number of likely N-dealkylation sites (tertiary alicyclic amines) is 1. The molecule has 0 unspecified atom stereocenters. The molecule has 24 heavy (non-hydrogen) atoms. The van der Waals surface area contributed by atoms with Gasteiger partial charge in [0.2, 0.25) is 5.89 Å². The fraction of sp³-hybridized carbons (Fsp3) is 0.438. The Morgan fingerprint density at radius 1 is 1.17 bits per heavy atom. The van der Waals surface area contributed by atoms with Gasteiger partial charge in [-0.3, -0.25) is 4.90 Å². The van der Waals surface area contributed by atoms with Gasteiger partial charge in [-0.15, -0.1) is 10.2 Å². The monoisotopic (exact) mass is 336 g/mol. The third-order valence-electron chi connectivity index (χ3n) is 4.11. The number of aromatic nitrogens is 2. The third kappa shape index (κ3) is 3.74. The largest absolute Gasteiger partial charge is 0.470 e. The van der Waals surface area contributed by atoms with Gasteiger partial charge >= 0.3 is 12.1 Å². The minimum atomic E-state index is -4.60. The molecule has 8 heteroatoms. The fourth-order valence-electron chi connectivity index (χ4n) is 2.80. The molecule has 1 saturated heterocycles. The zero-order valence-corrected chi connectivity index (χ0v) is 12.8. The molecule has 0 saturated carbocycles. The lowest BCUT2D eigenvalue weighted by Crippen LogP contribution is -2.32. The lowest BCUT2D eigenvalue weighted by molar-refractivity contribution is -0.157. The van der Waals surface area contributed by atoms with Crippen LogP contribution in [0.2, 0.25) is 0 Å². The minimum Gasteiger partial charge on any atom is -0.417 e. The Morgan fingerprint density at radius 3 is 2.38 bits per heavy atom. The summed E-state index contributed by atoms with van der Waals surface area (Å²) in [5.74, 6) is -1.34. The lowest BCUT2D eigenvalue weighted by atomic mass is 9.96. The molecule has 0 spiro atoms. The maximum absolute atomic E-state index is 12.5. The van der Waals surface area contributed by atoms with Crippen molar-refractivity contribution in [3.8, 4) is 6.07 Å². The van der Waals surface area contributed by atoms with E-state index in [9.17, 15) is 13.2 Å². The Balaban J connectivity index is 1.55. The molecule has 1 aliphatic rings. The van der Waals surface area contributed by atoms with Crippen molar-refractivity contribution in [3.05, 3.63) is 47.2 Å². The molecule has 0 amide bonds. The number of nitriles is 1. The van der Waals surface area contributed by atoms with Crippen LogP contribution in [0, 0.1) is 11.3 Å². The van der Waals surface area contributed by atoms with Gasteiger partial charge in [0.15, 0.2) is 0 Å². The van der Waals surface area contributed by atoms with Gasteiger partial charge in [-0.1, -0.05) is 12.1 Å². The van der Waals surface area contributed by atoms with E-state index in [2.05, 4.69) is 21.2 Å². The SMILES string of the molecule is N#Cc1ccc(CN2CCC(c3nnc(C(F)(F)F)o3)CC2)cc1. The zero-order chi connectivity index (χ0) is 17.2. The Labute approximate surface area is 136 Å². The Morgan fingerprint density at radius 2 is 1.83 bits per heavy atom. The van der Waals surface area contributed by atoms with Gasteiger partial charge in [0.05, 0.1) is 11.6 Å². The van der Waals surface area contributed by atoms with Crippen LogP contribution in [0.25, 0.3) is 0 Å². The number of rotatable bonds is 3. The number of nitrogens with zero attached hydrogens (tertiary/aromatic N) is 4. The first-order chi connectivity index (χ1) is 11.5. The van der Waals surface area contributed by atoms with E-state index in [1.54, 1.807) is 12.1 Å². The predicted molar refractivity (Wildman–Crippen MR) is 77.7 cm³/mol. The second-order valence-corrected chi connectivity index (χ2v) is 5.80. The second kappa shape index (κ2) is 6.61. The van der Waals surface area contributed by atoms with Crippen molar-refractivity contribution in [2.75, 3.05) is 13.1 Å². The number of alkyl halides is 3. The molecule has 1 aliphatic heterocycles. The highest BCUT2D eigenvalue weighted by Crippen LogP contribution is 2.32. The van der Waals surface area contributed by atoms with E-state index < -0.39 is 12.1 Å².